The summed E-state index contributed by atoms with van der Waals surface area (Å²) in [5.74, 6) is 1.09. The minimum atomic E-state index is -0.281. The molecule has 0 spiro atoms. The van der Waals surface area contributed by atoms with Crippen LogP contribution in [0.25, 0.3) is 0 Å². The molecule has 1 aliphatic carbocycles. The molecule has 4 heteroatoms. The third-order valence-electron chi connectivity index (χ3n) is 4.30. The normalized spacial score (nSPS) is 23.5. The lowest BCUT2D eigenvalue weighted by Crippen LogP contribution is -2.30. The topological polar surface area (TPSA) is 35.5 Å². The van der Waals surface area contributed by atoms with Crippen LogP contribution in [0.2, 0.25) is 0 Å². The summed E-state index contributed by atoms with van der Waals surface area (Å²) in [6.07, 6.45) is 3.83. The molecule has 1 saturated carbocycles. The number of alkyl halides is 1. The van der Waals surface area contributed by atoms with E-state index in [2.05, 4.69) is 22.9 Å². The molecule has 0 radical (unpaired) electrons. The minimum absolute atomic E-state index is 0.00169. The van der Waals surface area contributed by atoms with Gasteiger partial charge in [-0.3, -0.25) is 0 Å². The zero-order valence-electron chi connectivity index (χ0n) is 13.7. The maximum absolute atomic E-state index is 12.4. The molecule has 3 rings (SSSR count). The van der Waals surface area contributed by atoms with E-state index in [1.165, 1.54) is 0 Å². The average Bonchev–Trinajstić information content (AvgIpc) is 2.58. The van der Waals surface area contributed by atoms with E-state index in [1.54, 1.807) is 12.1 Å². The number of ether oxygens (including phenoxy) is 2. The van der Waals surface area contributed by atoms with E-state index in [9.17, 15) is 4.79 Å². The Hall–Kier alpha value is -1.81. The molecule has 1 fully saturated rings. The zero-order chi connectivity index (χ0) is 17.0. The maximum Gasteiger partial charge on any atom is 0.338 e. The van der Waals surface area contributed by atoms with Gasteiger partial charge in [0, 0.05) is 4.32 Å². The monoisotopic (exact) mass is 388 g/mol. The van der Waals surface area contributed by atoms with E-state index in [-0.39, 0.29) is 16.4 Å². The maximum atomic E-state index is 12.4. The van der Waals surface area contributed by atoms with Crippen LogP contribution in [0.4, 0.5) is 0 Å². The van der Waals surface area contributed by atoms with Crippen molar-refractivity contribution in [3.05, 3.63) is 60.2 Å². The first-order valence-electron chi connectivity index (χ1n) is 8.25. The highest BCUT2D eigenvalue weighted by atomic mass is 79.9. The smallest absolute Gasteiger partial charge is 0.338 e. The van der Waals surface area contributed by atoms with Gasteiger partial charge in [0.2, 0.25) is 0 Å². The Kier molecular flexibility index (Phi) is 5.24. The number of hydrogen-bond acceptors (Lipinski definition) is 3. The molecule has 0 aliphatic heterocycles. The summed E-state index contributed by atoms with van der Waals surface area (Å²) in [4.78, 5) is 12.4. The van der Waals surface area contributed by atoms with Gasteiger partial charge in [-0.1, -0.05) is 40.2 Å². The summed E-state index contributed by atoms with van der Waals surface area (Å²) in [5, 5.41) is 0. The first kappa shape index (κ1) is 17.0. The molecule has 2 aromatic carbocycles. The second-order valence-electron chi connectivity index (χ2n) is 6.46. The molecule has 0 N–H and O–H groups in total. The Morgan fingerprint density at radius 1 is 1.04 bits per heavy atom. The molecular weight excluding hydrogens is 368 g/mol. The van der Waals surface area contributed by atoms with Gasteiger partial charge in [0.1, 0.15) is 17.6 Å². The molecule has 0 aromatic heterocycles. The summed E-state index contributed by atoms with van der Waals surface area (Å²) >= 11 is 3.72. The Balaban J connectivity index is 1.62. The van der Waals surface area contributed by atoms with Gasteiger partial charge in [-0.15, -0.1) is 0 Å². The van der Waals surface area contributed by atoms with Crippen molar-refractivity contribution < 1.29 is 14.3 Å². The fourth-order valence-corrected chi connectivity index (χ4v) is 3.30. The van der Waals surface area contributed by atoms with Crippen LogP contribution >= 0.6 is 15.9 Å². The Bertz CT molecular complexity index is 687. The predicted octanol–water partition coefficient (Wildman–Crippen LogP) is 5.73. The standard InChI is InChI=1S/C20H21BrO3/c1-20(21)12-10-17(11-13-20)24-19(22)15-6-5-9-18(14-15)23-16-7-3-2-4-8-16/h2-9,14,17H,10-13H2,1H3. The third kappa shape index (κ3) is 4.60. The van der Waals surface area contributed by atoms with Crippen molar-refractivity contribution in [1.82, 2.24) is 0 Å². The van der Waals surface area contributed by atoms with E-state index in [1.807, 2.05) is 42.5 Å². The lowest BCUT2D eigenvalue weighted by molar-refractivity contribution is 0.0191. The summed E-state index contributed by atoms with van der Waals surface area (Å²) < 4.78 is 11.6. The lowest BCUT2D eigenvalue weighted by atomic mass is 9.88. The van der Waals surface area contributed by atoms with Crippen LogP contribution in [0, 0.1) is 0 Å². The average molecular weight is 389 g/mol. The van der Waals surface area contributed by atoms with Crippen LogP contribution in [0.15, 0.2) is 54.6 Å². The van der Waals surface area contributed by atoms with Gasteiger partial charge < -0.3 is 9.47 Å². The van der Waals surface area contributed by atoms with E-state index in [4.69, 9.17) is 9.47 Å². The van der Waals surface area contributed by atoms with Crippen molar-refractivity contribution >= 4 is 21.9 Å². The molecule has 0 amide bonds. The van der Waals surface area contributed by atoms with Crippen LogP contribution in [0.3, 0.4) is 0 Å². The van der Waals surface area contributed by atoms with Crippen LogP contribution in [-0.2, 0) is 4.74 Å². The highest BCUT2D eigenvalue weighted by molar-refractivity contribution is 9.10. The second kappa shape index (κ2) is 7.39. The van der Waals surface area contributed by atoms with E-state index < -0.39 is 0 Å². The summed E-state index contributed by atoms with van der Waals surface area (Å²) in [5.41, 5.74) is 0.524. The Morgan fingerprint density at radius 3 is 2.42 bits per heavy atom. The van der Waals surface area contributed by atoms with Crippen molar-refractivity contribution in [3.8, 4) is 11.5 Å². The second-order valence-corrected chi connectivity index (χ2v) is 8.38. The fourth-order valence-electron chi connectivity index (χ4n) is 2.84. The highest BCUT2D eigenvalue weighted by Gasteiger charge is 2.30. The van der Waals surface area contributed by atoms with Crippen LogP contribution in [-0.4, -0.2) is 16.4 Å². The molecule has 0 unspecified atom stereocenters. The third-order valence-corrected chi connectivity index (χ3v) is 5.09. The minimum Gasteiger partial charge on any atom is -0.459 e. The van der Waals surface area contributed by atoms with Crippen LogP contribution < -0.4 is 4.74 Å². The number of rotatable bonds is 4. The molecule has 126 valence electrons. The number of para-hydroxylation sites is 1. The molecule has 1 aliphatic rings. The van der Waals surface area contributed by atoms with Gasteiger partial charge in [0.15, 0.2) is 0 Å². The van der Waals surface area contributed by atoms with Gasteiger partial charge in [0.05, 0.1) is 5.56 Å². The number of hydrogen-bond donors (Lipinski definition) is 0. The van der Waals surface area contributed by atoms with Crippen molar-refractivity contribution in [2.45, 2.75) is 43.0 Å². The van der Waals surface area contributed by atoms with Gasteiger partial charge >= 0.3 is 5.97 Å². The van der Waals surface area contributed by atoms with Crippen molar-refractivity contribution in [1.29, 1.82) is 0 Å². The molecule has 0 saturated heterocycles. The molecule has 2 aromatic rings. The number of carbonyl (C=O) groups excluding carboxylic acids is 1. The number of benzene rings is 2. The van der Waals surface area contributed by atoms with Crippen LogP contribution in [0.1, 0.15) is 43.0 Å². The highest BCUT2D eigenvalue weighted by Crippen LogP contribution is 2.36. The van der Waals surface area contributed by atoms with Gasteiger partial charge in [-0.25, -0.2) is 4.79 Å². The number of halogens is 1. The summed E-state index contributed by atoms with van der Waals surface area (Å²) in [7, 11) is 0. The van der Waals surface area contributed by atoms with Crippen molar-refractivity contribution in [2.24, 2.45) is 0 Å². The van der Waals surface area contributed by atoms with Crippen LogP contribution in [0.5, 0.6) is 11.5 Å². The fraction of sp³-hybridized carbons (Fsp3) is 0.350. The summed E-state index contributed by atoms with van der Waals surface area (Å²) in [6, 6.07) is 16.6. The molecular formula is C20H21BrO3. The lowest BCUT2D eigenvalue weighted by Gasteiger charge is -2.32. The van der Waals surface area contributed by atoms with E-state index >= 15 is 0 Å². The van der Waals surface area contributed by atoms with Crippen molar-refractivity contribution in [2.75, 3.05) is 0 Å². The first-order valence-corrected chi connectivity index (χ1v) is 9.04. The SMILES string of the molecule is CC1(Br)CCC(OC(=O)c2cccc(Oc3ccccc3)c2)CC1. The molecule has 3 nitrogen and oxygen atoms in total. The molecule has 24 heavy (non-hydrogen) atoms. The van der Waals surface area contributed by atoms with Gasteiger partial charge in [0.25, 0.3) is 0 Å². The van der Waals surface area contributed by atoms with E-state index in [0.29, 0.717) is 11.3 Å². The molecule has 0 bridgehead atoms. The Labute approximate surface area is 151 Å². The van der Waals surface area contributed by atoms with Gasteiger partial charge in [-0.2, -0.15) is 0 Å². The summed E-state index contributed by atoms with van der Waals surface area (Å²) in [6.45, 7) is 2.19. The number of carbonyl (C=O) groups is 1. The molecule has 0 heterocycles. The number of esters is 1. The zero-order valence-corrected chi connectivity index (χ0v) is 15.3. The van der Waals surface area contributed by atoms with E-state index in [0.717, 1.165) is 31.4 Å². The predicted molar refractivity (Wildman–Crippen MR) is 98.0 cm³/mol. The quantitative estimate of drug-likeness (QED) is 0.495. The van der Waals surface area contributed by atoms with Crippen molar-refractivity contribution in [3.63, 3.8) is 0 Å². The largest absolute Gasteiger partial charge is 0.459 e. The Morgan fingerprint density at radius 2 is 1.71 bits per heavy atom. The van der Waals surface area contributed by atoms with Gasteiger partial charge in [-0.05, 0) is 62.9 Å². The molecule has 0 atom stereocenters. The first-order chi connectivity index (χ1) is 11.5.